The monoisotopic (exact) mass is 379 g/mol. The molecule has 0 unspecified atom stereocenters. The molecule has 4 rings (SSSR count). The molecule has 0 aliphatic carbocycles. The number of benzene rings is 2. The first-order chi connectivity index (χ1) is 13.4. The molecule has 2 heterocycles. The van der Waals surface area contributed by atoms with Gasteiger partial charge in [0.05, 0.1) is 22.6 Å². The first-order valence-electron chi connectivity index (χ1n) is 8.33. The Hall–Kier alpha value is -4.01. The van der Waals surface area contributed by atoms with Crippen LogP contribution in [0.3, 0.4) is 0 Å². The van der Waals surface area contributed by atoms with Crippen molar-refractivity contribution >= 4 is 34.4 Å². The maximum absolute atomic E-state index is 12.4. The van der Waals surface area contributed by atoms with Crippen LogP contribution >= 0.6 is 0 Å². The number of amides is 3. The van der Waals surface area contributed by atoms with E-state index >= 15 is 0 Å². The van der Waals surface area contributed by atoms with Crippen LogP contribution in [0.2, 0.25) is 0 Å². The number of rotatable bonds is 5. The molecule has 0 saturated heterocycles. The lowest BCUT2D eigenvalue weighted by molar-refractivity contribution is -0.384. The standard InChI is InChI=1S/C19H13N3O6/c23-17(20-9-13-7-11-3-1-2-4-16(11)28-13)10-21-18(24)14-6-5-12(22(26)27)8-15(14)19(21)25/h1-8H,9-10H2,(H,20,23). The van der Waals surface area contributed by atoms with Gasteiger partial charge < -0.3 is 9.73 Å². The van der Waals surface area contributed by atoms with Crippen LogP contribution in [0.4, 0.5) is 5.69 Å². The molecular weight excluding hydrogens is 366 g/mol. The number of hydrogen-bond acceptors (Lipinski definition) is 6. The van der Waals surface area contributed by atoms with Crippen molar-refractivity contribution < 1.29 is 23.7 Å². The van der Waals surface area contributed by atoms with Gasteiger partial charge in [-0.05, 0) is 18.2 Å². The van der Waals surface area contributed by atoms with Gasteiger partial charge in [-0.15, -0.1) is 0 Å². The van der Waals surface area contributed by atoms with Gasteiger partial charge in [0.1, 0.15) is 17.9 Å². The second-order valence-electron chi connectivity index (χ2n) is 6.21. The first kappa shape index (κ1) is 17.4. The van der Waals surface area contributed by atoms with Crippen molar-refractivity contribution in [3.05, 3.63) is 75.5 Å². The van der Waals surface area contributed by atoms with Crippen LogP contribution in [0.1, 0.15) is 26.5 Å². The number of nitro benzene ring substituents is 1. The number of fused-ring (bicyclic) bond motifs is 2. The number of carbonyl (C=O) groups is 3. The van der Waals surface area contributed by atoms with Crippen LogP contribution in [0.15, 0.2) is 52.9 Å². The third kappa shape index (κ3) is 2.98. The second kappa shape index (κ2) is 6.62. The smallest absolute Gasteiger partial charge is 0.270 e. The fraction of sp³-hybridized carbons (Fsp3) is 0.105. The summed E-state index contributed by atoms with van der Waals surface area (Å²) in [4.78, 5) is 47.9. The van der Waals surface area contributed by atoms with Gasteiger partial charge in [0.2, 0.25) is 5.91 Å². The maximum atomic E-state index is 12.4. The van der Waals surface area contributed by atoms with E-state index in [4.69, 9.17) is 4.42 Å². The van der Waals surface area contributed by atoms with Crippen molar-refractivity contribution in [1.82, 2.24) is 10.2 Å². The van der Waals surface area contributed by atoms with Crippen LogP contribution in [-0.4, -0.2) is 34.1 Å². The first-order valence-corrected chi connectivity index (χ1v) is 8.33. The SMILES string of the molecule is O=C(CN1C(=O)c2ccc([N+](=O)[O-])cc2C1=O)NCc1cc2ccccc2o1. The molecular formula is C19H13N3O6. The molecule has 1 aromatic heterocycles. The van der Waals surface area contributed by atoms with Crippen LogP contribution < -0.4 is 5.32 Å². The van der Waals surface area contributed by atoms with Crippen molar-refractivity contribution in [1.29, 1.82) is 0 Å². The van der Waals surface area contributed by atoms with Crippen molar-refractivity contribution in [2.24, 2.45) is 0 Å². The lowest BCUT2D eigenvalue weighted by Gasteiger charge is -2.13. The van der Waals surface area contributed by atoms with Crippen molar-refractivity contribution in [2.45, 2.75) is 6.54 Å². The number of imide groups is 1. The van der Waals surface area contributed by atoms with Gasteiger partial charge in [-0.3, -0.25) is 29.4 Å². The average molecular weight is 379 g/mol. The number of hydrogen-bond donors (Lipinski definition) is 1. The number of nitrogens with zero attached hydrogens (tertiary/aromatic N) is 2. The van der Waals surface area contributed by atoms with E-state index in [-0.39, 0.29) is 23.4 Å². The van der Waals surface area contributed by atoms with Crippen LogP contribution in [0, 0.1) is 10.1 Å². The summed E-state index contributed by atoms with van der Waals surface area (Å²) in [5, 5.41) is 14.3. The Labute approximate surface area is 157 Å². The molecule has 3 aromatic rings. The third-order valence-corrected chi connectivity index (χ3v) is 4.40. The molecule has 0 fully saturated rings. The Morgan fingerprint density at radius 3 is 2.57 bits per heavy atom. The molecule has 2 aromatic carbocycles. The lowest BCUT2D eigenvalue weighted by Crippen LogP contribution is -2.40. The summed E-state index contributed by atoms with van der Waals surface area (Å²) in [5.41, 5.74) is 0.356. The molecule has 0 saturated carbocycles. The molecule has 3 amide bonds. The number of carbonyl (C=O) groups excluding carboxylic acids is 3. The molecule has 140 valence electrons. The summed E-state index contributed by atoms with van der Waals surface area (Å²) in [6, 6.07) is 12.6. The van der Waals surface area contributed by atoms with Crippen LogP contribution in [0.5, 0.6) is 0 Å². The molecule has 1 aliphatic rings. The van der Waals surface area contributed by atoms with Gasteiger partial charge in [-0.2, -0.15) is 0 Å². The number of non-ortho nitro benzene ring substituents is 1. The van der Waals surface area contributed by atoms with E-state index in [1.54, 1.807) is 12.1 Å². The molecule has 0 atom stereocenters. The highest BCUT2D eigenvalue weighted by Crippen LogP contribution is 2.26. The molecule has 1 N–H and O–H groups in total. The summed E-state index contributed by atoms with van der Waals surface area (Å²) in [6.07, 6.45) is 0. The van der Waals surface area contributed by atoms with Gasteiger partial charge in [0, 0.05) is 17.5 Å². The second-order valence-corrected chi connectivity index (χ2v) is 6.21. The third-order valence-electron chi connectivity index (χ3n) is 4.40. The van der Waals surface area contributed by atoms with E-state index in [0.29, 0.717) is 11.3 Å². The van der Waals surface area contributed by atoms with E-state index in [9.17, 15) is 24.5 Å². The zero-order valence-corrected chi connectivity index (χ0v) is 14.4. The fourth-order valence-corrected chi connectivity index (χ4v) is 3.05. The van der Waals surface area contributed by atoms with E-state index in [1.165, 1.54) is 6.07 Å². The van der Waals surface area contributed by atoms with E-state index in [0.717, 1.165) is 22.4 Å². The summed E-state index contributed by atoms with van der Waals surface area (Å²) in [5.74, 6) is -1.41. The molecule has 9 nitrogen and oxygen atoms in total. The minimum atomic E-state index is -0.734. The zero-order valence-electron chi connectivity index (χ0n) is 14.4. The largest absolute Gasteiger partial charge is 0.459 e. The highest BCUT2D eigenvalue weighted by Gasteiger charge is 2.37. The van der Waals surface area contributed by atoms with E-state index in [2.05, 4.69) is 5.32 Å². The van der Waals surface area contributed by atoms with Crippen LogP contribution in [0.25, 0.3) is 11.0 Å². The number of nitro groups is 1. The summed E-state index contributed by atoms with van der Waals surface area (Å²) >= 11 is 0. The minimum Gasteiger partial charge on any atom is -0.459 e. The van der Waals surface area contributed by atoms with Crippen molar-refractivity contribution in [3.8, 4) is 0 Å². The normalized spacial score (nSPS) is 13.1. The Bertz CT molecular complexity index is 1120. The van der Waals surface area contributed by atoms with Gasteiger partial charge in [-0.25, -0.2) is 0 Å². The van der Waals surface area contributed by atoms with Crippen molar-refractivity contribution in [2.75, 3.05) is 6.54 Å². The van der Waals surface area contributed by atoms with Gasteiger partial charge in [0.15, 0.2) is 0 Å². The lowest BCUT2D eigenvalue weighted by atomic mass is 10.1. The molecule has 0 bridgehead atoms. The Morgan fingerprint density at radius 2 is 1.82 bits per heavy atom. The predicted octanol–water partition coefficient (Wildman–Crippen LogP) is 2.25. The minimum absolute atomic E-state index is 0.0423. The fourth-order valence-electron chi connectivity index (χ4n) is 3.05. The predicted molar refractivity (Wildman–Crippen MR) is 96.5 cm³/mol. The quantitative estimate of drug-likeness (QED) is 0.412. The highest BCUT2D eigenvalue weighted by atomic mass is 16.6. The van der Waals surface area contributed by atoms with E-state index in [1.807, 2.05) is 18.2 Å². The number of nitrogens with one attached hydrogen (secondary N) is 1. The Morgan fingerprint density at radius 1 is 1.07 bits per heavy atom. The molecule has 0 spiro atoms. The molecule has 1 aliphatic heterocycles. The number of para-hydroxylation sites is 1. The van der Waals surface area contributed by atoms with Crippen molar-refractivity contribution in [3.63, 3.8) is 0 Å². The number of furan rings is 1. The summed E-state index contributed by atoms with van der Waals surface area (Å²) in [6.45, 7) is -0.386. The summed E-state index contributed by atoms with van der Waals surface area (Å²) in [7, 11) is 0. The van der Waals surface area contributed by atoms with E-state index < -0.39 is 29.2 Å². The Balaban J connectivity index is 1.43. The van der Waals surface area contributed by atoms with Gasteiger partial charge in [-0.1, -0.05) is 18.2 Å². The highest BCUT2D eigenvalue weighted by molar-refractivity contribution is 6.22. The van der Waals surface area contributed by atoms with Crippen LogP contribution in [-0.2, 0) is 11.3 Å². The average Bonchev–Trinajstić information content (AvgIpc) is 3.20. The van der Waals surface area contributed by atoms with Gasteiger partial charge >= 0.3 is 0 Å². The Kier molecular flexibility index (Phi) is 4.11. The zero-order chi connectivity index (χ0) is 19.8. The molecule has 28 heavy (non-hydrogen) atoms. The molecule has 0 radical (unpaired) electrons. The van der Waals surface area contributed by atoms with Gasteiger partial charge in [0.25, 0.3) is 17.5 Å². The maximum Gasteiger partial charge on any atom is 0.270 e. The topological polar surface area (TPSA) is 123 Å². The molecule has 9 heteroatoms. The summed E-state index contributed by atoms with van der Waals surface area (Å²) < 4.78 is 5.59.